The third-order valence-corrected chi connectivity index (χ3v) is 7.29. The molecule has 146 valence electrons. The average molecular weight is 398 g/mol. The summed E-state index contributed by atoms with van der Waals surface area (Å²) in [5.41, 5.74) is 1.10. The molecule has 2 aliphatic rings. The monoisotopic (exact) mass is 398 g/mol. The molecule has 1 heterocycles. The molecule has 2 aromatic carbocycles. The Balaban J connectivity index is 1.59. The van der Waals surface area contributed by atoms with Crippen molar-refractivity contribution in [1.82, 2.24) is 9.21 Å². The highest BCUT2D eigenvalue weighted by molar-refractivity contribution is 7.90. The second-order valence-corrected chi connectivity index (χ2v) is 9.23. The van der Waals surface area contributed by atoms with Gasteiger partial charge >= 0.3 is 0 Å². The van der Waals surface area contributed by atoms with Crippen molar-refractivity contribution in [2.75, 3.05) is 6.54 Å². The SMILES string of the molecule is CC(C1CC1)N(Cc1ccccc1)C(=O)CN1C(=O)c2ccccc2S1(=O)=O. The minimum Gasteiger partial charge on any atom is -0.334 e. The van der Waals surface area contributed by atoms with Crippen LogP contribution in [0.15, 0.2) is 59.5 Å². The second-order valence-electron chi connectivity index (χ2n) is 7.40. The molecule has 28 heavy (non-hydrogen) atoms. The minimum absolute atomic E-state index is 0.00418. The molecule has 1 aliphatic carbocycles. The molecule has 6 nitrogen and oxygen atoms in total. The molecule has 0 aromatic heterocycles. The maximum atomic E-state index is 13.1. The molecule has 1 saturated carbocycles. The Labute approximate surface area is 164 Å². The van der Waals surface area contributed by atoms with Crippen molar-refractivity contribution < 1.29 is 18.0 Å². The fourth-order valence-corrected chi connectivity index (χ4v) is 5.19. The lowest BCUT2D eigenvalue weighted by Gasteiger charge is -2.31. The van der Waals surface area contributed by atoms with Crippen molar-refractivity contribution in [2.24, 2.45) is 5.92 Å². The van der Waals surface area contributed by atoms with Crippen molar-refractivity contribution >= 4 is 21.8 Å². The van der Waals surface area contributed by atoms with Gasteiger partial charge in [0.05, 0.1) is 5.56 Å². The number of sulfonamides is 1. The number of nitrogens with zero attached hydrogens (tertiary/aromatic N) is 2. The van der Waals surface area contributed by atoms with Gasteiger partial charge in [-0.2, -0.15) is 0 Å². The smallest absolute Gasteiger partial charge is 0.269 e. The maximum absolute atomic E-state index is 13.1. The fraction of sp³-hybridized carbons (Fsp3) is 0.333. The van der Waals surface area contributed by atoms with Gasteiger partial charge in [-0.3, -0.25) is 9.59 Å². The molecule has 2 aromatic rings. The molecule has 0 bridgehead atoms. The predicted molar refractivity (Wildman–Crippen MR) is 104 cm³/mol. The van der Waals surface area contributed by atoms with Crippen LogP contribution in [0.1, 0.15) is 35.7 Å². The quantitative estimate of drug-likeness (QED) is 0.750. The largest absolute Gasteiger partial charge is 0.334 e. The Bertz CT molecular complexity index is 1020. The van der Waals surface area contributed by atoms with E-state index in [0.717, 1.165) is 18.4 Å². The second kappa shape index (κ2) is 7.05. The fourth-order valence-electron chi connectivity index (χ4n) is 3.67. The van der Waals surface area contributed by atoms with E-state index in [1.165, 1.54) is 12.1 Å². The van der Waals surface area contributed by atoms with Crippen LogP contribution >= 0.6 is 0 Å². The highest BCUT2D eigenvalue weighted by Gasteiger charge is 2.43. The van der Waals surface area contributed by atoms with Gasteiger partial charge in [0.1, 0.15) is 11.4 Å². The van der Waals surface area contributed by atoms with Crippen LogP contribution in [0, 0.1) is 5.92 Å². The van der Waals surface area contributed by atoms with Crippen LogP contribution < -0.4 is 0 Å². The van der Waals surface area contributed by atoms with Crippen molar-refractivity contribution in [3.63, 3.8) is 0 Å². The number of amides is 2. The van der Waals surface area contributed by atoms with E-state index in [-0.39, 0.29) is 22.4 Å². The highest BCUT2D eigenvalue weighted by Crippen LogP contribution is 2.36. The van der Waals surface area contributed by atoms with Gasteiger partial charge in [-0.15, -0.1) is 0 Å². The van der Waals surface area contributed by atoms with Gasteiger partial charge in [0, 0.05) is 12.6 Å². The van der Waals surface area contributed by atoms with Gasteiger partial charge in [0.2, 0.25) is 5.91 Å². The summed E-state index contributed by atoms with van der Waals surface area (Å²) < 4.78 is 26.2. The molecule has 0 radical (unpaired) electrons. The first-order valence-corrected chi connectivity index (χ1v) is 10.8. The molecule has 7 heteroatoms. The first kappa shape index (κ1) is 18.7. The molecule has 0 saturated heterocycles. The van der Waals surface area contributed by atoms with Crippen molar-refractivity contribution in [3.05, 3.63) is 65.7 Å². The first-order valence-electron chi connectivity index (χ1n) is 9.39. The Morgan fingerprint density at radius 1 is 1.11 bits per heavy atom. The Hall–Kier alpha value is -2.67. The number of fused-ring (bicyclic) bond motifs is 1. The van der Waals surface area contributed by atoms with E-state index in [2.05, 4.69) is 0 Å². The van der Waals surface area contributed by atoms with E-state index in [4.69, 9.17) is 0 Å². The van der Waals surface area contributed by atoms with E-state index in [9.17, 15) is 18.0 Å². The number of hydrogen-bond donors (Lipinski definition) is 0. The number of carbonyl (C=O) groups excluding carboxylic acids is 2. The molecular formula is C21H22N2O4S. The van der Waals surface area contributed by atoms with E-state index in [0.29, 0.717) is 16.8 Å². The van der Waals surface area contributed by atoms with Crippen LogP contribution in [0.4, 0.5) is 0 Å². The summed E-state index contributed by atoms with van der Waals surface area (Å²) in [7, 11) is -3.99. The van der Waals surface area contributed by atoms with Crippen molar-refractivity contribution in [3.8, 4) is 0 Å². The number of carbonyl (C=O) groups is 2. The summed E-state index contributed by atoms with van der Waals surface area (Å²) >= 11 is 0. The van der Waals surface area contributed by atoms with Gasteiger partial charge in [0.25, 0.3) is 15.9 Å². The van der Waals surface area contributed by atoms with Gasteiger partial charge in [-0.1, -0.05) is 42.5 Å². The maximum Gasteiger partial charge on any atom is 0.269 e. The van der Waals surface area contributed by atoms with Crippen LogP contribution in [0.2, 0.25) is 0 Å². The zero-order valence-corrected chi connectivity index (χ0v) is 16.4. The molecule has 1 atom stereocenters. The molecular weight excluding hydrogens is 376 g/mol. The van der Waals surface area contributed by atoms with Crippen LogP contribution in [-0.4, -0.2) is 42.0 Å². The molecule has 2 amide bonds. The lowest BCUT2D eigenvalue weighted by atomic mass is 10.1. The van der Waals surface area contributed by atoms with Crippen LogP contribution in [0.3, 0.4) is 0 Å². The molecule has 1 fully saturated rings. The summed E-state index contributed by atoms with van der Waals surface area (Å²) in [5.74, 6) is -0.564. The summed E-state index contributed by atoms with van der Waals surface area (Å²) in [5, 5.41) is 0. The Kier molecular flexibility index (Phi) is 4.71. The zero-order chi connectivity index (χ0) is 19.9. The van der Waals surface area contributed by atoms with Crippen molar-refractivity contribution in [2.45, 2.75) is 37.2 Å². The topological polar surface area (TPSA) is 74.8 Å². The first-order chi connectivity index (χ1) is 13.4. The Morgan fingerprint density at radius 2 is 1.75 bits per heavy atom. The minimum atomic E-state index is -3.99. The lowest BCUT2D eigenvalue weighted by molar-refractivity contribution is -0.134. The van der Waals surface area contributed by atoms with Gasteiger partial charge in [-0.25, -0.2) is 12.7 Å². The van der Waals surface area contributed by atoms with E-state index in [1.54, 1.807) is 17.0 Å². The number of benzene rings is 2. The summed E-state index contributed by atoms with van der Waals surface area (Å²) in [6.07, 6.45) is 2.12. The number of rotatable bonds is 6. The lowest BCUT2D eigenvalue weighted by Crippen LogP contribution is -2.46. The van der Waals surface area contributed by atoms with Crippen LogP contribution in [0.5, 0.6) is 0 Å². The molecule has 4 rings (SSSR count). The summed E-state index contributed by atoms with van der Waals surface area (Å²) in [4.78, 5) is 27.4. The third-order valence-electron chi connectivity index (χ3n) is 5.50. The molecule has 0 spiro atoms. The van der Waals surface area contributed by atoms with E-state index < -0.39 is 22.5 Å². The van der Waals surface area contributed by atoms with E-state index >= 15 is 0 Å². The highest BCUT2D eigenvalue weighted by atomic mass is 32.2. The van der Waals surface area contributed by atoms with E-state index in [1.807, 2.05) is 37.3 Å². The van der Waals surface area contributed by atoms with Crippen LogP contribution in [0.25, 0.3) is 0 Å². The average Bonchev–Trinajstić information content (AvgIpc) is 3.52. The predicted octanol–water partition coefficient (Wildman–Crippen LogP) is 2.66. The van der Waals surface area contributed by atoms with Gasteiger partial charge < -0.3 is 4.90 Å². The van der Waals surface area contributed by atoms with Gasteiger partial charge in [-0.05, 0) is 43.4 Å². The van der Waals surface area contributed by atoms with Crippen molar-refractivity contribution in [1.29, 1.82) is 0 Å². The van der Waals surface area contributed by atoms with Gasteiger partial charge in [0.15, 0.2) is 0 Å². The molecule has 1 aliphatic heterocycles. The number of hydrogen-bond acceptors (Lipinski definition) is 4. The summed E-state index contributed by atoms with van der Waals surface area (Å²) in [6, 6.07) is 15.7. The third kappa shape index (κ3) is 3.30. The molecule has 0 N–H and O–H groups in total. The van der Waals surface area contributed by atoms with Crippen LogP contribution in [-0.2, 0) is 21.4 Å². The molecule has 1 unspecified atom stereocenters. The standard InChI is InChI=1S/C21H22N2O4S/c1-15(17-11-12-17)22(13-16-7-3-2-4-8-16)20(24)14-23-21(25)18-9-5-6-10-19(18)28(23,26)27/h2-10,15,17H,11-14H2,1H3. The zero-order valence-electron chi connectivity index (χ0n) is 15.6. The Morgan fingerprint density at radius 3 is 2.39 bits per heavy atom. The summed E-state index contributed by atoms with van der Waals surface area (Å²) in [6.45, 7) is 1.92. The normalized spacial score (nSPS) is 18.6.